The number of carbonyl (C=O) groups excluding carboxylic acids is 2. The maximum Gasteiger partial charge on any atom is 0.414 e. The summed E-state index contributed by atoms with van der Waals surface area (Å²) in [4.78, 5) is 29.9. The number of aliphatic hydroxyl groups is 1. The van der Waals surface area contributed by atoms with Gasteiger partial charge in [0.15, 0.2) is 6.10 Å². The lowest BCUT2D eigenvalue weighted by Crippen LogP contribution is -2.52. The van der Waals surface area contributed by atoms with Crippen LogP contribution in [0.4, 0.5) is 20.6 Å². The van der Waals surface area contributed by atoms with Crippen molar-refractivity contribution in [1.82, 2.24) is 10.2 Å². The second kappa shape index (κ2) is 10.9. The molecule has 176 valence electrons. The minimum Gasteiger partial charge on any atom is -0.442 e. The van der Waals surface area contributed by atoms with Crippen LogP contribution < -0.4 is 15.1 Å². The van der Waals surface area contributed by atoms with Crippen LogP contribution in [0.3, 0.4) is 0 Å². The Balaban J connectivity index is 1.58. The quantitative estimate of drug-likeness (QED) is 0.549. The fourth-order valence-electron chi connectivity index (χ4n) is 3.72. The Labute approximate surface area is 192 Å². The van der Waals surface area contributed by atoms with E-state index in [4.69, 9.17) is 21.7 Å². The van der Waals surface area contributed by atoms with Gasteiger partial charge in [0.05, 0.1) is 36.1 Å². The predicted octanol–water partition coefficient (Wildman–Crippen LogP) is 1.13. The van der Waals surface area contributed by atoms with Gasteiger partial charge in [-0.05, 0) is 24.6 Å². The molecule has 0 radical (unpaired) electrons. The molecular weight excluding hydrogens is 439 g/mol. The summed E-state index contributed by atoms with van der Waals surface area (Å²) >= 11 is 5.12. The van der Waals surface area contributed by atoms with Crippen molar-refractivity contribution in [3.63, 3.8) is 0 Å². The largest absolute Gasteiger partial charge is 0.442 e. The van der Waals surface area contributed by atoms with Crippen LogP contribution in [0, 0.1) is 5.82 Å². The molecule has 2 atom stereocenters. The number of hydrogen-bond acceptors (Lipinski definition) is 7. The van der Waals surface area contributed by atoms with Gasteiger partial charge in [-0.2, -0.15) is 0 Å². The van der Waals surface area contributed by atoms with Crippen molar-refractivity contribution in [2.24, 2.45) is 0 Å². The van der Waals surface area contributed by atoms with Gasteiger partial charge in [0, 0.05) is 33.3 Å². The highest BCUT2D eigenvalue weighted by Gasteiger charge is 2.33. The summed E-state index contributed by atoms with van der Waals surface area (Å²) in [6.45, 7) is 4.20. The summed E-state index contributed by atoms with van der Waals surface area (Å²) in [5.41, 5.74) is 0.825. The summed E-state index contributed by atoms with van der Waals surface area (Å²) in [5, 5.41) is 12.9. The van der Waals surface area contributed by atoms with E-state index in [1.807, 2.05) is 11.8 Å². The molecule has 2 fully saturated rings. The molecular formula is C21H29FN4O5S. The van der Waals surface area contributed by atoms with Gasteiger partial charge in [0.2, 0.25) is 0 Å². The van der Waals surface area contributed by atoms with Crippen molar-refractivity contribution in [2.75, 3.05) is 62.8 Å². The van der Waals surface area contributed by atoms with Gasteiger partial charge < -0.3 is 29.7 Å². The fraction of sp³-hybridized carbons (Fsp3) is 0.571. The third kappa shape index (κ3) is 5.64. The van der Waals surface area contributed by atoms with Crippen LogP contribution >= 0.6 is 12.2 Å². The maximum absolute atomic E-state index is 14.9. The first-order valence-corrected chi connectivity index (χ1v) is 11.0. The summed E-state index contributed by atoms with van der Waals surface area (Å²) < 4.78 is 25.1. The minimum atomic E-state index is -1.20. The van der Waals surface area contributed by atoms with Crippen LogP contribution in [-0.4, -0.2) is 92.2 Å². The lowest BCUT2D eigenvalue weighted by Gasteiger charge is -2.37. The van der Waals surface area contributed by atoms with Crippen molar-refractivity contribution in [3.05, 3.63) is 24.0 Å². The smallest absolute Gasteiger partial charge is 0.414 e. The number of ether oxygens (including phenoxy) is 2. The SMILES string of the molecule is CCC(=S)NC[C@H]1CN(c2ccc(N3CCN(C(=O)[C@@H](O)COC)CC3)c(F)c2)C(=O)O1. The van der Waals surface area contributed by atoms with Crippen LogP contribution in [0.2, 0.25) is 0 Å². The number of hydrogen-bond donors (Lipinski definition) is 2. The van der Waals surface area contributed by atoms with E-state index in [2.05, 4.69) is 5.32 Å². The highest BCUT2D eigenvalue weighted by molar-refractivity contribution is 7.80. The number of cyclic esters (lactones) is 1. The molecule has 1 aromatic rings. The third-order valence-electron chi connectivity index (χ3n) is 5.51. The number of carbonyl (C=O) groups is 2. The molecule has 9 nitrogen and oxygen atoms in total. The van der Waals surface area contributed by atoms with Crippen LogP contribution in [0.5, 0.6) is 0 Å². The molecule has 2 amide bonds. The van der Waals surface area contributed by atoms with E-state index in [0.717, 1.165) is 0 Å². The van der Waals surface area contributed by atoms with Crippen LogP contribution in [0.1, 0.15) is 13.3 Å². The zero-order chi connectivity index (χ0) is 23.3. The van der Waals surface area contributed by atoms with Crippen molar-refractivity contribution in [3.8, 4) is 0 Å². The molecule has 2 aliphatic rings. The van der Waals surface area contributed by atoms with Crippen molar-refractivity contribution < 1.29 is 28.6 Å². The van der Waals surface area contributed by atoms with E-state index in [9.17, 15) is 19.1 Å². The highest BCUT2D eigenvalue weighted by atomic mass is 32.1. The standard InChI is InChI=1S/C21H29FN4O5S/c1-3-19(32)23-11-15-12-26(21(29)31-15)14-4-5-17(16(22)10-14)24-6-8-25(9-7-24)20(28)18(27)13-30-2/h4-5,10,15,18,27H,3,6-9,11-13H2,1-2H3,(H,23,32)/t15-,18-/m0/s1. The lowest BCUT2D eigenvalue weighted by molar-refractivity contribution is -0.143. The Bertz CT molecular complexity index is 849. The summed E-state index contributed by atoms with van der Waals surface area (Å²) in [6.07, 6.45) is -1.37. The van der Waals surface area contributed by atoms with Gasteiger partial charge in [-0.15, -0.1) is 0 Å². The second-order valence-corrected chi connectivity index (χ2v) is 8.19. The molecule has 0 saturated carbocycles. The van der Waals surface area contributed by atoms with Gasteiger partial charge >= 0.3 is 6.09 Å². The van der Waals surface area contributed by atoms with E-state index in [-0.39, 0.29) is 12.7 Å². The van der Waals surface area contributed by atoms with Crippen molar-refractivity contribution in [2.45, 2.75) is 25.6 Å². The molecule has 1 aromatic carbocycles. The average Bonchev–Trinajstić information content (AvgIpc) is 3.17. The Morgan fingerprint density at radius 3 is 2.72 bits per heavy atom. The number of piperazine rings is 1. The molecule has 2 aliphatic heterocycles. The maximum atomic E-state index is 14.9. The lowest BCUT2D eigenvalue weighted by atomic mass is 10.2. The number of anilines is 2. The Kier molecular flexibility index (Phi) is 8.21. The molecule has 32 heavy (non-hydrogen) atoms. The summed E-state index contributed by atoms with van der Waals surface area (Å²) in [5.74, 6) is -0.846. The fourth-order valence-corrected chi connectivity index (χ4v) is 3.80. The van der Waals surface area contributed by atoms with E-state index < -0.39 is 23.9 Å². The molecule has 11 heteroatoms. The van der Waals surface area contributed by atoms with Gasteiger partial charge in [-0.1, -0.05) is 19.1 Å². The van der Waals surface area contributed by atoms with E-state index in [0.29, 0.717) is 62.1 Å². The molecule has 0 aromatic heterocycles. The van der Waals surface area contributed by atoms with E-state index >= 15 is 0 Å². The van der Waals surface area contributed by atoms with Crippen molar-refractivity contribution >= 4 is 40.6 Å². The topological polar surface area (TPSA) is 94.6 Å². The van der Waals surface area contributed by atoms with Gasteiger partial charge in [0.1, 0.15) is 11.9 Å². The minimum absolute atomic E-state index is 0.0593. The molecule has 2 N–H and O–H groups in total. The summed E-state index contributed by atoms with van der Waals surface area (Å²) in [7, 11) is 1.42. The van der Waals surface area contributed by atoms with E-state index in [1.54, 1.807) is 17.0 Å². The molecule has 3 rings (SSSR count). The Morgan fingerprint density at radius 2 is 2.09 bits per heavy atom. The Hall–Kier alpha value is -2.50. The zero-order valence-electron chi connectivity index (χ0n) is 18.3. The molecule has 0 bridgehead atoms. The van der Waals surface area contributed by atoms with Crippen LogP contribution in [-0.2, 0) is 14.3 Å². The van der Waals surface area contributed by atoms with Gasteiger partial charge in [-0.3, -0.25) is 9.69 Å². The number of thiocarbonyl (C=S) groups is 1. The number of amides is 2. The molecule has 0 spiro atoms. The number of benzene rings is 1. The normalized spacial score (nSPS) is 19.7. The van der Waals surface area contributed by atoms with E-state index in [1.165, 1.54) is 18.1 Å². The van der Waals surface area contributed by atoms with Gasteiger partial charge in [0.25, 0.3) is 5.91 Å². The molecule has 0 aliphatic carbocycles. The molecule has 2 heterocycles. The predicted molar refractivity (Wildman–Crippen MR) is 122 cm³/mol. The van der Waals surface area contributed by atoms with Crippen LogP contribution in [0.25, 0.3) is 0 Å². The number of halogens is 1. The monoisotopic (exact) mass is 468 g/mol. The molecule has 2 saturated heterocycles. The second-order valence-electron chi connectivity index (χ2n) is 7.69. The number of nitrogens with zero attached hydrogens (tertiary/aromatic N) is 3. The first kappa shape index (κ1) is 24.1. The van der Waals surface area contributed by atoms with Crippen LogP contribution in [0.15, 0.2) is 18.2 Å². The third-order valence-corrected chi connectivity index (χ3v) is 5.94. The zero-order valence-corrected chi connectivity index (χ0v) is 19.1. The average molecular weight is 469 g/mol. The number of methoxy groups -OCH3 is 1. The van der Waals surface area contributed by atoms with Gasteiger partial charge in [-0.25, -0.2) is 9.18 Å². The first-order chi connectivity index (χ1) is 15.3. The molecule has 0 unspecified atom stereocenters. The summed E-state index contributed by atoms with van der Waals surface area (Å²) in [6, 6.07) is 4.64. The highest BCUT2D eigenvalue weighted by Crippen LogP contribution is 2.28. The number of nitrogens with one attached hydrogen (secondary N) is 1. The Morgan fingerprint density at radius 1 is 1.38 bits per heavy atom. The number of aliphatic hydroxyl groups excluding tert-OH is 1. The number of rotatable bonds is 8. The first-order valence-electron chi connectivity index (χ1n) is 10.6. The van der Waals surface area contributed by atoms with Crippen molar-refractivity contribution in [1.29, 1.82) is 0 Å².